The van der Waals surface area contributed by atoms with Gasteiger partial charge in [0.15, 0.2) is 0 Å². The summed E-state index contributed by atoms with van der Waals surface area (Å²) in [5, 5.41) is 0. The van der Waals surface area contributed by atoms with Crippen molar-refractivity contribution in [3.8, 4) is 16.9 Å². The zero-order valence-electron chi connectivity index (χ0n) is 24.4. The Morgan fingerprint density at radius 2 is 0.892 bits per heavy atom. The fraction of sp³-hybridized carbons (Fsp3) is 0.657. The van der Waals surface area contributed by atoms with E-state index in [9.17, 15) is 0 Å². The highest BCUT2D eigenvalue weighted by molar-refractivity contribution is 5.64. The summed E-state index contributed by atoms with van der Waals surface area (Å²) in [6.07, 6.45) is 22.9. The summed E-state index contributed by atoms with van der Waals surface area (Å²) in [7, 11) is 0. The highest BCUT2D eigenvalue weighted by Crippen LogP contribution is 2.26. The summed E-state index contributed by atoms with van der Waals surface area (Å²) in [4.78, 5) is 0. The van der Waals surface area contributed by atoms with Crippen LogP contribution in [0.15, 0.2) is 48.5 Å². The van der Waals surface area contributed by atoms with Crippen LogP contribution >= 0.6 is 0 Å². The van der Waals surface area contributed by atoms with Crippen molar-refractivity contribution in [3.05, 3.63) is 54.1 Å². The molecular weight excluding hydrogens is 452 g/mol. The van der Waals surface area contributed by atoms with Crippen LogP contribution in [0.5, 0.6) is 5.75 Å². The van der Waals surface area contributed by atoms with Gasteiger partial charge in [-0.25, -0.2) is 0 Å². The second-order valence-electron chi connectivity index (χ2n) is 10.8. The van der Waals surface area contributed by atoms with Gasteiger partial charge in [-0.3, -0.25) is 0 Å². The highest BCUT2D eigenvalue weighted by atomic mass is 16.5. The van der Waals surface area contributed by atoms with E-state index < -0.39 is 0 Å². The van der Waals surface area contributed by atoms with E-state index in [-0.39, 0.29) is 6.10 Å². The Hall–Kier alpha value is -1.80. The van der Waals surface area contributed by atoms with Gasteiger partial charge >= 0.3 is 0 Å². The van der Waals surface area contributed by atoms with Crippen molar-refractivity contribution in [1.29, 1.82) is 0 Å². The molecule has 0 bridgehead atoms. The van der Waals surface area contributed by atoms with Crippen molar-refractivity contribution in [2.45, 2.75) is 136 Å². The lowest BCUT2D eigenvalue weighted by Crippen LogP contribution is -2.01. The number of hydrogen-bond acceptors (Lipinski definition) is 2. The largest absolute Gasteiger partial charge is 0.494 e. The Kier molecular flexibility index (Phi) is 18.0. The third-order valence-corrected chi connectivity index (χ3v) is 7.45. The smallest absolute Gasteiger partial charge is 0.119 e. The second-order valence-corrected chi connectivity index (χ2v) is 10.8. The maximum Gasteiger partial charge on any atom is 0.119 e. The van der Waals surface area contributed by atoms with E-state index in [1.54, 1.807) is 0 Å². The molecule has 2 aromatic rings. The minimum absolute atomic E-state index is 0.149. The van der Waals surface area contributed by atoms with Crippen LogP contribution in [0.2, 0.25) is 0 Å². The summed E-state index contributed by atoms with van der Waals surface area (Å²) in [5.41, 5.74) is 3.72. The molecule has 0 heterocycles. The standard InChI is InChI=1S/C35H56O2/c1-4-6-8-10-12-13-14-16-18-20-30-37-35-27-25-34(26-28-35)33-23-21-32(22-24-33)31(3)36-29-19-17-15-11-9-7-5-2/h21-28,31H,4-20,29-30H2,1-3H3. The van der Waals surface area contributed by atoms with Gasteiger partial charge in [-0.05, 0) is 48.6 Å². The number of benzene rings is 2. The molecule has 0 aliphatic rings. The van der Waals surface area contributed by atoms with Gasteiger partial charge < -0.3 is 9.47 Å². The van der Waals surface area contributed by atoms with E-state index in [0.29, 0.717) is 0 Å². The first kappa shape index (κ1) is 31.4. The molecule has 0 fully saturated rings. The molecule has 208 valence electrons. The summed E-state index contributed by atoms with van der Waals surface area (Å²) in [5.74, 6) is 0.976. The molecule has 1 atom stereocenters. The summed E-state index contributed by atoms with van der Waals surface area (Å²) >= 11 is 0. The Balaban J connectivity index is 1.58. The van der Waals surface area contributed by atoms with Gasteiger partial charge in [0.2, 0.25) is 0 Å². The van der Waals surface area contributed by atoms with E-state index in [4.69, 9.17) is 9.47 Å². The van der Waals surface area contributed by atoms with Crippen LogP contribution < -0.4 is 4.74 Å². The summed E-state index contributed by atoms with van der Waals surface area (Å²) in [6.45, 7) is 8.40. The number of rotatable bonds is 23. The van der Waals surface area contributed by atoms with Gasteiger partial charge in [-0.2, -0.15) is 0 Å². The predicted octanol–water partition coefficient (Wildman–Crippen LogP) is 11.5. The normalized spacial score (nSPS) is 12.1. The van der Waals surface area contributed by atoms with Crippen molar-refractivity contribution in [2.75, 3.05) is 13.2 Å². The van der Waals surface area contributed by atoms with Crippen molar-refractivity contribution in [1.82, 2.24) is 0 Å². The molecule has 0 aromatic heterocycles. The molecule has 0 saturated heterocycles. The Morgan fingerprint density at radius 3 is 1.38 bits per heavy atom. The molecule has 0 saturated carbocycles. The SMILES string of the molecule is CCCCCCCCCCCCOc1ccc(-c2ccc(C(C)OCCCCCCCCC)cc2)cc1. The zero-order chi connectivity index (χ0) is 26.4. The first-order chi connectivity index (χ1) is 18.2. The minimum Gasteiger partial charge on any atom is -0.494 e. The van der Waals surface area contributed by atoms with E-state index >= 15 is 0 Å². The first-order valence-corrected chi connectivity index (χ1v) is 15.7. The average Bonchev–Trinajstić information content (AvgIpc) is 2.93. The van der Waals surface area contributed by atoms with Gasteiger partial charge in [-0.1, -0.05) is 147 Å². The van der Waals surface area contributed by atoms with Gasteiger partial charge in [0.1, 0.15) is 5.75 Å². The van der Waals surface area contributed by atoms with Crippen LogP contribution in [-0.2, 0) is 4.74 Å². The van der Waals surface area contributed by atoms with Crippen molar-refractivity contribution in [3.63, 3.8) is 0 Å². The molecule has 2 rings (SSSR count). The second kappa shape index (κ2) is 21.2. The number of ether oxygens (including phenoxy) is 2. The van der Waals surface area contributed by atoms with Gasteiger partial charge in [0.25, 0.3) is 0 Å². The zero-order valence-corrected chi connectivity index (χ0v) is 24.4. The van der Waals surface area contributed by atoms with Crippen LogP contribution in [0.1, 0.15) is 142 Å². The molecule has 2 aromatic carbocycles. The lowest BCUT2D eigenvalue weighted by molar-refractivity contribution is 0.0627. The van der Waals surface area contributed by atoms with Crippen LogP contribution in [0.3, 0.4) is 0 Å². The van der Waals surface area contributed by atoms with Gasteiger partial charge in [0.05, 0.1) is 12.7 Å². The maximum absolute atomic E-state index is 6.09. The molecular formula is C35H56O2. The molecule has 1 unspecified atom stereocenters. The fourth-order valence-corrected chi connectivity index (χ4v) is 4.89. The molecule has 0 amide bonds. The molecule has 2 heteroatoms. The van der Waals surface area contributed by atoms with Crippen LogP contribution in [-0.4, -0.2) is 13.2 Å². The van der Waals surface area contributed by atoms with Crippen molar-refractivity contribution in [2.24, 2.45) is 0 Å². The van der Waals surface area contributed by atoms with Gasteiger partial charge in [-0.15, -0.1) is 0 Å². The van der Waals surface area contributed by atoms with E-state index in [1.807, 2.05) is 0 Å². The monoisotopic (exact) mass is 508 g/mol. The third kappa shape index (κ3) is 14.6. The fourth-order valence-electron chi connectivity index (χ4n) is 4.89. The van der Waals surface area contributed by atoms with Crippen LogP contribution in [0.4, 0.5) is 0 Å². The quantitative estimate of drug-likeness (QED) is 0.139. The average molecular weight is 509 g/mol. The molecule has 0 aliphatic heterocycles. The van der Waals surface area contributed by atoms with Crippen molar-refractivity contribution < 1.29 is 9.47 Å². The molecule has 2 nitrogen and oxygen atoms in total. The highest BCUT2D eigenvalue weighted by Gasteiger charge is 2.07. The maximum atomic E-state index is 6.09. The van der Waals surface area contributed by atoms with E-state index in [2.05, 4.69) is 69.3 Å². The summed E-state index contributed by atoms with van der Waals surface area (Å²) in [6, 6.07) is 17.4. The minimum atomic E-state index is 0.149. The predicted molar refractivity (Wildman–Crippen MR) is 162 cm³/mol. The van der Waals surface area contributed by atoms with Crippen LogP contribution in [0.25, 0.3) is 11.1 Å². The van der Waals surface area contributed by atoms with Crippen LogP contribution in [0, 0.1) is 0 Å². The molecule has 0 aliphatic carbocycles. The van der Waals surface area contributed by atoms with E-state index in [1.165, 1.54) is 119 Å². The number of unbranched alkanes of at least 4 members (excludes halogenated alkanes) is 15. The molecule has 0 radical (unpaired) electrons. The summed E-state index contributed by atoms with van der Waals surface area (Å²) < 4.78 is 12.1. The van der Waals surface area contributed by atoms with Gasteiger partial charge in [0, 0.05) is 6.61 Å². The Bertz CT molecular complexity index is 765. The van der Waals surface area contributed by atoms with E-state index in [0.717, 1.165) is 25.4 Å². The molecule has 0 spiro atoms. The Labute approximate surface area is 229 Å². The molecule has 37 heavy (non-hydrogen) atoms. The molecule has 0 N–H and O–H groups in total. The lowest BCUT2D eigenvalue weighted by Gasteiger charge is -2.14. The van der Waals surface area contributed by atoms with Crippen molar-refractivity contribution >= 4 is 0 Å². The topological polar surface area (TPSA) is 18.5 Å². The first-order valence-electron chi connectivity index (χ1n) is 15.7. The number of hydrogen-bond donors (Lipinski definition) is 0. The lowest BCUT2D eigenvalue weighted by atomic mass is 10.0. The Morgan fingerprint density at radius 1 is 0.486 bits per heavy atom. The third-order valence-electron chi connectivity index (χ3n) is 7.45.